The number of rotatable bonds is 4. The summed E-state index contributed by atoms with van der Waals surface area (Å²) in [5.74, 6) is 0.0843. The summed E-state index contributed by atoms with van der Waals surface area (Å²) < 4.78 is 1.88. The molecule has 1 N–H and O–H groups in total. The molecule has 0 aliphatic heterocycles. The number of hydrogen-bond acceptors (Lipinski definition) is 2. The normalized spacial score (nSPS) is 14.7. The molecule has 4 heteroatoms. The first kappa shape index (κ1) is 13.1. The Morgan fingerprint density at radius 2 is 2.00 bits per heavy atom. The van der Waals surface area contributed by atoms with E-state index in [9.17, 15) is 5.11 Å². The molecule has 0 fully saturated rings. The van der Waals surface area contributed by atoms with Crippen molar-refractivity contribution in [2.75, 3.05) is 0 Å². The fourth-order valence-corrected chi connectivity index (χ4v) is 2.13. The molecule has 0 aliphatic carbocycles. The number of halogens is 1. The third-order valence-electron chi connectivity index (χ3n) is 3.28. The Hall–Kier alpha value is -1.32. The van der Waals surface area contributed by atoms with Crippen LogP contribution in [0, 0.1) is 5.92 Å². The van der Waals surface area contributed by atoms with Gasteiger partial charge in [0.15, 0.2) is 0 Å². The van der Waals surface area contributed by atoms with Crippen LogP contribution in [0.3, 0.4) is 0 Å². The highest BCUT2D eigenvalue weighted by atomic mass is 35.5. The van der Waals surface area contributed by atoms with Crippen LogP contribution in [-0.4, -0.2) is 14.7 Å². The average Bonchev–Trinajstić information content (AvgIpc) is 2.82. The molecule has 1 aromatic carbocycles. The van der Waals surface area contributed by atoms with E-state index >= 15 is 0 Å². The van der Waals surface area contributed by atoms with Crippen LogP contribution in [-0.2, 0) is 12.1 Å². The Bertz CT molecular complexity index is 493. The summed E-state index contributed by atoms with van der Waals surface area (Å²) in [7, 11) is 0. The van der Waals surface area contributed by atoms with Gasteiger partial charge in [-0.05, 0) is 23.6 Å². The molecule has 0 saturated carbocycles. The molecule has 2 aromatic rings. The predicted octanol–water partition coefficient (Wildman–Crippen LogP) is 3.08. The summed E-state index contributed by atoms with van der Waals surface area (Å²) in [5.41, 5.74) is -0.0544. The van der Waals surface area contributed by atoms with Gasteiger partial charge in [-0.3, -0.25) is 0 Å². The van der Waals surface area contributed by atoms with E-state index in [1.165, 1.54) is 0 Å². The van der Waals surface area contributed by atoms with Crippen molar-refractivity contribution in [3.63, 3.8) is 0 Å². The summed E-state index contributed by atoms with van der Waals surface area (Å²) in [6.45, 7) is 4.49. The van der Waals surface area contributed by atoms with Crippen LogP contribution in [0.4, 0.5) is 0 Å². The van der Waals surface area contributed by atoms with Crippen LogP contribution < -0.4 is 0 Å². The SMILES string of the molecule is CC(C)C(O)(Cn1ccnc1)c1ccc(Cl)cc1. The molecule has 96 valence electrons. The Labute approximate surface area is 112 Å². The second kappa shape index (κ2) is 5.12. The standard InChI is InChI=1S/C14H17ClN2O/c1-11(2)14(18,9-17-8-7-16-10-17)12-3-5-13(15)6-4-12/h3-8,10-11,18H,9H2,1-2H3. The highest BCUT2D eigenvalue weighted by molar-refractivity contribution is 6.30. The summed E-state index contributed by atoms with van der Waals surface area (Å²) in [4.78, 5) is 4.00. The summed E-state index contributed by atoms with van der Waals surface area (Å²) >= 11 is 5.89. The smallest absolute Gasteiger partial charge is 0.110 e. The first-order chi connectivity index (χ1) is 8.52. The zero-order valence-electron chi connectivity index (χ0n) is 10.5. The van der Waals surface area contributed by atoms with Gasteiger partial charge in [0, 0.05) is 17.4 Å². The molecule has 1 atom stereocenters. The van der Waals surface area contributed by atoms with Gasteiger partial charge in [-0.2, -0.15) is 0 Å². The number of nitrogens with zero attached hydrogens (tertiary/aromatic N) is 2. The Balaban J connectivity index is 2.34. The molecular weight excluding hydrogens is 248 g/mol. The second-order valence-corrected chi connectivity index (χ2v) is 5.26. The molecule has 0 amide bonds. The minimum Gasteiger partial charge on any atom is -0.383 e. The molecule has 18 heavy (non-hydrogen) atoms. The van der Waals surface area contributed by atoms with E-state index < -0.39 is 5.60 Å². The van der Waals surface area contributed by atoms with Crippen molar-refractivity contribution >= 4 is 11.6 Å². The van der Waals surface area contributed by atoms with Crippen LogP contribution >= 0.6 is 11.6 Å². The molecule has 3 nitrogen and oxygen atoms in total. The molecule has 1 heterocycles. The maximum Gasteiger partial charge on any atom is 0.110 e. The predicted molar refractivity (Wildman–Crippen MR) is 72.4 cm³/mol. The van der Waals surface area contributed by atoms with Crippen LogP contribution in [0.25, 0.3) is 0 Å². The molecule has 0 bridgehead atoms. The van der Waals surface area contributed by atoms with Crippen LogP contribution in [0.1, 0.15) is 19.4 Å². The number of hydrogen-bond donors (Lipinski definition) is 1. The summed E-state index contributed by atoms with van der Waals surface area (Å²) in [6, 6.07) is 7.36. The zero-order valence-corrected chi connectivity index (χ0v) is 11.3. The van der Waals surface area contributed by atoms with E-state index in [1.54, 1.807) is 24.7 Å². The van der Waals surface area contributed by atoms with Crippen molar-refractivity contribution in [3.8, 4) is 0 Å². The van der Waals surface area contributed by atoms with Crippen molar-refractivity contribution in [1.82, 2.24) is 9.55 Å². The molecule has 2 rings (SSSR count). The van der Waals surface area contributed by atoms with Crippen molar-refractivity contribution in [3.05, 3.63) is 53.6 Å². The van der Waals surface area contributed by atoms with Gasteiger partial charge in [-0.1, -0.05) is 37.6 Å². The van der Waals surface area contributed by atoms with Crippen LogP contribution in [0.2, 0.25) is 5.02 Å². The van der Waals surface area contributed by atoms with E-state index in [0.717, 1.165) is 5.56 Å². The van der Waals surface area contributed by atoms with E-state index in [4.69, 9.17) is 11.6 Å². The lowest BCUT2D eigenvalue weighted by atomic mass is 9.83. The minimum absolute atomic E-state index is 0.0843. The molecule has 1 aromatic heterocycles. The minimum atomic E-state index is -0.925. The Morgan fingerprint density at radius 3 is 2.50 bits per heavy atom. The van der Waals surface area contributed by atoms with Gasteiger partial charge in [0.2, 0.25) is 0 Å². The van der Waals surface area contributed by atoms with Gasteiger partial charge in [-0.15, -0.1) is 0 Å². The van der Waals surface area contributed by atoms with Crippen LogP contribution in [0.5, 0.6) is 0 Å². The Morgan fingerprint density at radius 1 is 1.33 bits per heavy atom. The van der Waals surface area contributed by atoms with Crippen molar-refractivity contribution in [2.45, 2.75) is 26.0 Å². The maximum absolute atomic E-state index is 10.9. The van der Waals surface area contributed by atoms with Gasteiger partial charge in [0.1, 0.15) is 5.60 Å². The van der Waals surface area contributed by atoms with Gasteiger partial charge in [-0.25, -0.2) is 4.98 Å². The van der Waals surface area contributed by atoms with E-state index in [-0.39, 0.29) is 5.92 Å². The first-order valence-corrected chi connectivity index (χ1v) is 6.34. The van der Waals surface area contributed by atoms with Gasteiger partial charge in [0.25, 0.3) is 0 Å². The van der Waals surface area contributed by atoms with Crippen molar-refractivity contribution in [2.24, 2.45) is 5.92 Å². The van der Waals surface area contributed by atoms with Gasteiger partial charge >= 0.3 is 0 Å². The average molecular weight is 265 g/mol. The van der Waals surface area contributed by atoms with E-state index in [1.807, 2.05) is 36.7 Å². The van der Waals surface area contributed by atoms with E-state index in [0.29, 0.717) is 11.6 Å². The fourth-order valence-electron chi connectivity index (χ4n) is 2.00. The summed E-state index contributed by atoms with van der Waals surface area (Å²) in [6.07, 6.45) is 5.27. The van der Waals surface area contributed by atoms with Gasteiger partial charge < -0.3 is 9.67 Å². The molecular formula is C14H17ClN2O. The van der Waals surface area contributed by atoms with Crippen molar-refractivity contribution in [1.29, 1.82) is 0 Å². The lowest BCUT2D eigenvalue weighted by Gasteiger charge is -2.33. The quantitative estimate of drug-likeness (QED) is 0.922. The first-order valence-electron chi connectivity index (χ1n) is 5.96. The topological polar surface area (TPSA) is 38.0 Å². The third-order valence-corrected chi connectivity index (χ3v) is 3.53. The van der Waals surface area contributed by atoms with Gasteiger partial charge in [0.05, 0.1) is 12.9 Å². The second-order valence-electron chi connectivity index (χ2n) is 4.82. The van der Waals surface area contributed by atoms with E-state index in [2.05, 4.69) is 4.98 Å². The number of aliphatic hydroxyl groups is 1. The largest absolute Gasteiger partial charge is 0.383 e. The molecule has 0 saturated heterocycles. The lowest BCUT2D eigenvalue weighted by molar-refractivity contribution is -0.0265. The number of aromatic nitrogens is 2. The maximum atomic E-state index is 10.9. The lowest BCUT2D eigenvalue weighted by Crippen LogP contribution is -2.36. The summed E-state index contributed by atoms with van der Waals surface area (Å²) in [5, 5.41) is 11.6. The monoisotopic (exact) mass is 264 g/mol. The van der Waals surface area contributed by atoms with Crippen LogP contribution in [0.15, 0.2) is 43.0 Å². The molecule has 0 radical (unpaired) electrons. The molecule has 0 aliphatic rings. The van der Waals surface area contributed by atoms with Crippen molar-refractivity contribution < 1.29 is 5.11 Å². The fraction of sp³-hybridized carbons (Fsp3) is 0.357. The number of imidazole rings is 1. The molecule has 1 unspecified atom stereocenters. The third kappa shape index (κ3) is 2.57. The number of benzene rings is 1. The zero-order chi connectivity index (χ0) is 13.2. The highest BCUT2D eigenvalue weighted by Gasteiger charge is 2.33. The Kier molecular flexibility index (Phi) is 3.73. The highest BCUT2D eigenvalue weighted by Crippen LogP contribution is 2.32. The molecule has 0 spiro atoms.